The molecule has 0 unspecified atom stereocenters. The van der Waals surface area contributed by atoms with Gasteiger partial charge in [0.25, 0.3) is 0 Å². The van der Waals surface area contributed by atoms with Crippen LogP contribution in [0.1, 0.15) is 47.2 Å². The van der Waals surface area contributed by atoms with Crippen LogP contribution in [-0.2, 0) is 10.8 Å². The highest BCUT2D eigenvalue weighted by Crippen LogP contribution is 2.57. The molecular formula is C64H44N2. The average molecular weight is 841 g/mol. The fourth-order valence-corrected chi connectivity index (χ4v) is 11.7. The van der Waals surface area contributed by atoms with E-state index in [0.717, 1.165) is 33.5 Å². The van der Waals surface area contributed by atoms with Crippen molar-refractivity contribution in [3.05, 3.63) is 264 Å². The first-order valence-electron chi connectivity index (χ1n) is 23.0. The lowest BCUT2D eigenvalue weighted by Gasteiger charge is -2.33. The van der Waals surface area contributed by atoms with Gasteiger partial charge < -0.3 is 0 Å². The molecule has 13 rings (SSSR count). The lowest BCUT2D eigenvalue weighted by Crippen LogP contribution is -2.28. The zero-order valence-electron chi connectivity index (χ0n) is 36.8. The van der Waals surface area contributed by atoms with Gasteiger partial charge >= 0.3 is 0 Å². The Balaban J connectivity index is 0.998. The van der Waals surface area contributed by atoms with E-state index in [1.807, 2.05) is 0 Å². The molecule has 0 amide bonds. The van der Waals surface area contributed by atoms with E-state index < -0.39 is 5.41 Å². The molecule has 0 spiro atoms. The largest absolute Gasteiger partial charge is 0.228 e. The molecule has 0 radical (unpaired) electrons. The second kappa shape index (κ2) is 14.7. The predicted octanol–water partition coefficient (Wildman–Crippen LogP) is 16.1. The van der Waals surface area contributed by atoms with Gasteiger partial charge in [-0.2, -0.15) is 0 Å². The molecule has 0 N–H and O–H groups in total. The molecule has 66 heavy (non-hydrogen) atoms. The highest BCUT2D eigenvalue weighted by Gasteiger charge is 2.46. The van der Waals surface area contributed by atoms with Crippen molar-refractivity contribution in [1.29, 1.82) is 0 Å². The summed E-state index contributed by atoms with van der Waals surface area (Å²) in [5, 5.41) is 4.89. The molecule has 10 aromatic carbocycles. The van der Waals surface area contributed by atoms with E-state index >= 15 is 0 Å². The zero-order chi connectivity index (χ0) is 44.0. The van der Waals surface area contributed by atoms with Gasteiger partial charge in [0.15, 0.2) is 5.82 Å². The van der Waals surface area contributed by atoms with Crippen LogP contribution in [0.4, 0.5) is 0 Å². The highest BCUT2D eigenvalue weighted by atomic mass is 14.9. The van der Waals surface area contributed by atoms with Crippen LogP contribution in [0.15, 0.2) is 231 Å². The number of nitrogens with zero attached hydrogens (tertiary/aromatic N) is 2. The van der Waals surface area contributed by atoms with E-state index in [1.165, 1.54) is 82.9 Å². The maximum atomic E-state index is 5.51. The maximum absolute atomic E-state index is 5.51. The second-order valence-corrected chi connectivity index (χ2v) is 18.4. The van der Waals surface area contributed by atoms with Gasteiger partial charge in [0.05, 0.1) is 16.8 Å². The van der Waals surface area contributed by atoms with E-state index in [2.05, 4.69) is 244 Å². The highest BCUT2D eigenvalue weighted by molar-refractivity contribution is 6.08. The van der Waals surface area contributed by atoms with Crippen LogP contribution in [-0.4, -0.2) is 9.97 Å². The van der Waals surface area contributed by atoms with Crippen molar-refractivity contribution in [3.8, 4) is 67.3 Å². The third-order valence-corrected chi connectivity index (χ3v) is 14.6. The zero-order valence-corrected chi connectivity index (χ0v) is 36.8. The van der Waals surface area contributed by atoms with Crippen LogP contribution in [0.5, 0.6) is 0 Å². The first-order chi connectivity index (χ1) is 32.5. The minimum atomic E-state index is -0.468. The van der Waals surface area contributed by atoms with Gasteiger partial charge in [0, 0.05) is 22.1 Å². The van der Waals surface area contributed by atoms with E-state index in [0.29, 0.717) is 5.82 Å². The lowest BCUT2D eigenvalue weighted by molar-refractivity contribution is 0.662. The summed E-state index contributed by atoms with van der Waals surface area (Å²) in [6.07, 6.45) is 0. The smallest absolute Gasteiger partial charge is 0.161 e. The molecule has 2 nitrogen and oxygen atoms in total. The van der Waals surface area contributed by atoms with Crippen LogP contribution < -0.4 is 0 Å². The molecule has 0 bridgehead atoms. The van der Waals surface area contributed by atoms with Crippen molar-refractivity contribution >= 4 is 21.5 Å². The molecular weight excluding hydrogens is 797 g/mol. The Labute approximate surface area is 385 Å². The first-order valence-corrected chi connectivity index (χ1v) is 23.0. The fourth-order valence-electron chi connectivity index (χ4n) is 11.7. The van der Waals surface area contributed by atoms with Crippen molar-refractivity contribution in [3.63, 3.8) is 0 Å². The Morgan fingerprint density at radius 1 is 0.333 bits per heavy atom. The molecule has 0 atom stereocenters. The minimum Gasteiger partial charge on any atom is -0.228 e. The van der Waals surface area contributed by atoms with E-state index in [-0.39, 0.29) is 5.41 Å². The molecule has 0 saturated heterocycles. The number of hydrogen-bond acceptors (Lipinski definition) is 2. The van der Waals surface area contributed by atoms with Crippen LogP contribution >= 0.6 is 0 Å². The van der Waals surface area contributed by atoms with Gasteiger partial charge in [0.1, 0.15) is 0 Å². The molecule has 310 valence electrons. The second-order valence-electron chi connectivity index (χ2n) is 18.4. The molecule has 0 fully saturated rings. The molecule has 2 aliphatic rings. The first kappa shape index (κ1) is 38.3. The maximum Gasteiger partial charge on any atom is 0.161 e. The monoisotopic (exact) mass is 840 g/mol. The summed E-state index contributed by atoms with van der Waals surface area (Å²) in [7, 11) is 0. The van der Waals surface area contributed by atoms with Gasteiger partial charge in [0.2, 0.25) is 0 Å². The van der Waals surface area contributed by atoms with Crippen molar-refractivity contribution in [1.82, 2.24) is 9.97 Å². The normalized spacial score (nSPS) is 13.8. The van der Waals surface area contributed by atoms with E-state index in [1.54, 1.807) is 0 Å². The third-order valence-electron chi connectivity index (χ3n) is 14.6. The molecule has 11 aromatic rings. The average Bonchev–Trinajstić information content (AvgIpc) is 3.82. The van der Waals surface area contributed by atoms with Crippen LogP contribution in [0.25, 0.3) is 88.8 Å². The molecule has 1 aromatic heterocycles. The molecule has 2 aliphatic carbocycles. The summed E-state index contributed by atoms with van der Waals surface area (Å²) in [5.41, 5.74) is 19.7. The van der Waals surface area contributed by atoms with E-state index in [9.17, 15) is 0 Å². The number of rotatable bonds is 6. The molecule has 0 aliphatic heterocycles. The summed E-state index contributed by atoms with van der Waals surface area (Å²) >= 11 is 0. The quantitative estimate of drug-likeness (QED) is 0.167. The summed E-state index contributed by atoms with van der Waals surface area (Å²) in [6.45, 7) is 4.77. The van der Waals surface area contributed by atoms with Crippen molar-refractivity contribution in [2.75, 3.05) is 0 Å². The minimum absolute atomic E-state index is 0.189. The Morgan fingerprint density at radius 3 is 1.62 bits per heavy atom. The van der Waals surface area contributed by atoms with Gasteiger partial charge in [-0.15, -0.1) is 0 Å². The van der Waals surface area contributed by atoms with Crippen LogP contribution in [0.3, 0.4) is 0 Å². The molecule has 0 saturated carbocycles. The van der Waals surface area contributed by atoms with Gasteiger partial charge in [-0.1, -0.05) is 226 Å². The van der Waals surface area contributed by atoms with Crippen LogP contribution in [0, 0.1) is 0 Å². The van der Waals surface area contributed by atoms with Gasteiger partial charge in [-0.25, -0.2) is 9.97 Å². The van der Waals surface area contributed by atoms with Crippen molar-refractivity contribution in [2.45, 2.75) is 24.7 Å². The molecule has 1 heterocycles. The topological polar surface area (TPSA) is 25.8 Å². The summed E-state index contributed by atoms with van der Waals surface area (Å²) in [4.78, 5) is 10.9. The van der Waals surface area contributed by atoms with Crippen molar-refractivity contribution < 1.29 is 0 Å². The lowest BCUT2D eigenvalue weighted by atomic mass is 9.67. The van der Waals surface area contributed by atoms with Gasteiger partial charge in [-0.05, 0) is 107 Å². The van der Waals surface area contributed by atoms with Crippen LogP contribution in [0.2, 0.25) is 0 Å². The SMILES string of the molecule is CC1(C)c2ccc3ccccc3c2-c2cccc(-c3ccc(-c4nc(-c5ccccc5)cc(-c5ccc6c(c5)-c5ccccc5C6(c5ccccc5)c5ccccc5)n4)c4ccccc34)c21. The summed E-state index contributed by atoms with van der Waals surface area (Å²) < 4.78 is 0. The standard InChI is InChI=1S/C64H44N2/c1-63(2)57-38-33-41-19-12-13-26-46(41)60(57)53-31-18-30-51(61(53)63)49-35-36-52(48-28-15-14-27-47(48)49)62-65-58(42-20-6-3-7-21-42)40-59(66-62)43-34-37-56-54(39-43)50-29-16-17-32-55(50)64(56,44-22-8-4-9-23-44)45-24-10-5-11-25-45/h3-40H,1-2H3. The van der Waals surface area contributed by atoms with E-state index in [4.69, 9.17) is 9.97 Å². The Morgan fingerprint density at radius 2 is 0.879 bits per heavy atom. The molecule has 2 heteroatoms. The third kappa shape index (κ3) is 5.55. The Kier molecular flexibility index (Phi) is 8.51. The number of fused-ring (bicyclic) bond motifs is 9. The van der Waals surface area contributed by atoms with Gasteiger partial charge in [-0.3, -0.25) is 0 Å². The summed E-state index contributed by atoms with van der Waals surface area (Å²) in [5.74, 6) is 0.704. The van der Waals surface area contributed by atoms with Crippen molar-refractivity contribution in [2.24, 2.45) is 0 Å². The Hall–Kier alpha value is -8.20. The fraction of sp³-hybridized carbons (Fsp3) is 0.0625. The Bertz CT molecular complexity index is 3680. The predicted molar refractivity (Wildman–Crippen MR) is 274 cm³/mol. The summed E-state index contributed by atoms with van der Waals surface area (Å²) in [6, 6.07) is 84.2. The number of benzene rings is 10. The number of aromatic nitrogens is 2. The number of hydrogen-bond donors (Lipinski definition) is 0.